The third-order valence-corrected chi connectivity index (χ3v) is 16.2. The van der Waals surface area contributed by atoms with Crippen LogP contribution in [0, 0.1) is 0 Å². The Labute approximate surface area is 410 Å². The van der Waals surface area contributed by atoms with Crippen molar-refractivity contribution in [3.05, 3.63) is 271 Å². The first-order valence-corrected chi connectivity index (χ1v) is 24.9. The molecule has 1 spiro atoms. The molecular weight excluding hydrogens is 867 g/mol. The van der Waals surface area contributed by atoms with Crippen molar-refractivity contribution in [3.63, 3.8) is 0 Å². The van der Waals surface area contributed by atoms with Gasteiger partial charge in [0.15, 0.2) is 0 Å². The average Bonchev–Trinajstić information content (AvgIpc) is 3.85. The van der Waals surface area contributed by atoms with E-state index in [0.717, 1.165) is 61.9 Å². The summed E-state index contributed by atoms with van der Waals surface area (Å²) in [5.41, 5.74) is 22.0. The van der Waals surface area contributed by atoms with Crippen molar-refractivity contribution in [2.24, 2.45) is 0 Å². The molecule has 2 aliphatic carbocycles. The summed E-state index contributed by atoms with van der Waals surface area (Å²) in [5, 5.41) is 2.62. The normalized spacial score (nSPS) is 14.5. The van der Waals surface area contributed by atoms with Gasteiger partial charge in [-0.3, -0.25) is 0 Å². The van der Waals surface area contributed by atoms with E-state index in [2.05, 4.69) is 254 Å². The molecule has 0 saturated heterocycles. The van der Waals surface area contributed by atoms with Crippen LogP contribution in [0.3, 0.4) is 0 Å². The minimum Gasteiger partial charge on any atom is -0.456 e. The summed E-state index contributed by atoms with van der Waals surface area (Å²) in [6.07, 6.45) is 0. The van der Waals surface area contributed by atoms with Crippen LogP contribution in [0.2, 0.25) is 0 Å². The Morgan fingerprint density at radius 1 is 0.300 bits per heavy atom. The molecule has 3 aliphatic rings. The molecular formula is C67H41NOS. The van der Waals surface area contributed by atoms with Crippen molar-refractivity contribution >= 4 is 48.6 Å². The topological polar surface area (TPSA) is 12.5 Å². The van der Waals surface area contributed by atoms with Crippen LogP contribution in [0.1, 0.15) is 22.3 Å². The fourth-order valence-corrected chi connectivity index (χ4v) is 13.3. The van der Waals surface area contributed by atoms with E-state index in [4.69, 9.17) is 4.74 Å². The standard InChI is InChI=1S/C67H41NOS/c1-2-18-42(19-3-1)45-20-10-15-31-62(45)68(44-35-37-64-56(39-44)49-24-7-5-22-47(49)52-27-11-16-32-63(52)69-64)43-34-36-60-54(38-43)48-23-6-4-21-46(48)50-25-8-13-29-58(50)67(60)59-30-14-9-26-51(59)55-41-66-57(40-61(55)67)53-28-12-17-33-65(53)70-66/h1-41H. The third kappa shape index (κ3) is 5.55. The van der Waals surface area contributed by atoms with Crippen LogP contribution in [0.4, 0.5) is 17.1 Å². The molecule has 0 fully saturated rings. The van der Waals surface area contributed by atoms with E-state index < -0.39 is 5.41 Å². The molecule has 3 heteroatoms. The lowest BCUT2D eigenvalue weighted by Gasteiger charge is -2.36. The SMILES string of the molecule is c1ccc(-c2ccccc2N(c2ccc3c(c2)-c2ccccc2-c2ccccc2O3)c2ccc3c(c2)-c2ccccc2-c2ccccc2C32c3ccccc3-c3cc4sc5ccccc5c4cc32)cc1. The van der Waals surface area contributed by atoms with E-state index in [1.165, 1.54) is 75.8 Å². The van der Waals surface area contributed by atoms with Crippen LogP contribution < -0.4 is 9.64 Å². The molecule has 0 bridgehead atoms. The second-order valence-electron chi connectivity index (χ2n) is 18.7. The molecule has 1 atom stereocenters. The summed E-state index contributed by atoms with van der Waals surface area (Å²) in [5.74, 6) is 1.69. The second kappa shape index (κ2) is 15.1. The van der Waals surface area contributed by atoms with E-state index in [9.17, 15) is 0 Å². The van der Waals surface area contributed by atoms with Crippen LogP contribution in [0.15, 0.2) is 249 Å². The Bertz CT molecular complexity index is 4130. The Hall–Kier alpha value is -8.76. The van der Waals surface area contributed by atoms with Crippen LogP contribution >= 0.6 is 11.3 Å². The molecule has 1 aromatic heterocycles. The molecule has 2 nitrogen and oxygen atoms in total. The lowest BCUT2D eigenvalue weighted by molar-refractivity contribution is 0.488. The van der Waals surface area contributed by atoms with E-state index >= 15 is 0 Å². The number of rotatable bonds is 4. The van der Waals surface area contributed by atoms with Crippen molar-refractivity contribution in [2.45, 2.75) is 5.41 Å². The summed E-state index contributed by atoms with van der Waals surface area (Å²) in [6, 6.07) is 92.1. The minimum absolute atomic E-state index is 0.625. The molecule has 0 saturated carbocycles. The van der Waals surface area contributed by atoms with Gasteiger partial charge in [0.05, 0.1) is 11.1 Å². The number of benzene rings is 11. The summed E-state index contributed by atoms with van der Waals surface area (Å²) >= 11 is 1.89. The highest BCUT2D eigenvalue weighted by Gasteiger charge is 2.50. The van der Waals surface area contributed by atoms with Gasteiger partial charge in [-0.25, -0.2) is 0 Å². The maximum Gasteiger partial charge on any atom is 0.135 e. The molecule has 0 radical (unpaired) electrons. The van der Waals surface area contributed by atoms with Crippen LogP contribution in [-0.4, -0.2) is 0 Å². The maximum atomic E-state index is 6.82. The summed E-state index contributed by atoms with van der Waals surface area (Å²) in [4.78, 5) is 2.47. The fraction of sp³-hybridized carbons (Fsp3) is 0.0149. The highest BCUT2D eigenvalue weighted by Crippen LogP contribution is 2.63. The smallest absolute Gasteiger partial charge is 0.135 e. The van der Waals surface area contributed by atoms with Gasteiger partial charge in [-0.05, 0) is 133 Å². The van der Waals surface area contributed by atoms with Gasteiger partial charge in [0.25, 0.3) is 0 Å². The number of ether oxygens (including phenoxy) is 1. The van der Waals surface area contributed by atoms with Gasteiger partial charge in [-0.2, -0.15) is 0 Å². The second-order valence-corrected chi connectivity index (χ2v) is 19.7. The number of thiophene rings is 1. The number of para-hydroxylation sites is 2. The van der Waals surface area contributed by atoms with Crippen LogP contribution in [0.5, 0.6) is 11.5 Å². The van der Waals surface area contributed by atoms with Crippen molar-refractivity contribution in [1.82, 2.24) is 0 Å². The molecule has 12 aromatic rings. The Balaban J connectivity index is 1.03. The van der Waals surface area contributed by atoms with E-state index in [0.29, 0.717) is 0 Å². The monoisotopic (exact) mass is 907 g/mol. The Morgan fingerprint density at radius 3 is 1.56 bits per heavy atom. The number of hydrogen-bond acceptors (Lipinski definition) is 3. The minimum atomic E-state index is -0.625. The largest absolute Gasteiger partial charge is 0.456 e. The van der Waals surface area contributed by atoms with Crippen LogP contribution in [0.25, 0.3) is 86.9 Å². The van der Waals surface area contributed by atoms with E-state index in [1.54, 1.807) is 0 Å². The van der Waals surface area contributed by atoms with Gasteiger partial charge < -0.3 is 9.64 Å². The van der Waals surface area contributed by atoms with E-state index in [1.807, 2.05) is 11.3 Å². The zero-order valence-electron chi connectivity index (χ0n) is 37.9. The molecule has 11 aromatic carbocycles. The molecule has 0 amide bonds. The van der Waals surface area contributed by atoms with Crippen molar-refractivity contribution in [1.29, 1.82) is 0 Å². The number of nitrogens with zero attached hydrogens (tertiary/aromatic N) is 1. The molecule has 70 heavy (non-hydrogen) atoms. The Kier molecular flexibility index (Phi) is 8.48. The lowest BCUT2D eigenvalue weighted by atomic mass is 9.65. The quantitative estimate of drug-likeness (QED) is 0.174. The zero-order chi connectivity index (χ0) is 45.9. The molecule has 0 N–H and O–H groups in total. The summed E-state index contributed by atoms with van der Waals surface area (Å²) < 4.78 is 9.45. The van der Waals surface area contributed by atoms with Gasteiger partial charge in [-0.15, -0.1) is 11.3 Å². The van der Waals surface area contributed by atoms with Crippen molar-refractivity contribution in [3.8, 4) is 78.3 Å². The van der Waals surface area contributed by atoms with E-state index in [-0.39, 0.29) is 0 Å². The number of hydrogen-bond donors (Lipinski definition) is 0. The fourth-order valence-electron chi connectivity index (χ4n) is 12.2. The predicted molar refractivity (Wildman–Crippen MR) is 292 cm³/mol. The highest BCUT2D eigenvalue weighted by molar-refractivity contribution is 7.25. The highest BCUT2D eigenvalue weighted by atomic mass is 32.1. The van der Waals surface area contributed by atoms with Gasteiger partial charge in [0.2, 0.25) is 0 Å². The van der Waals surface area contributed by atoms with Crippen molar-refractivity contribution in [2.75, 3.05) is 4.90 Å². The summed E-state index contributed by atoms with van der Waals surface area (Å²) in [7, 11) is 0. The van der Waals surface area contributed by atoms with Gasteiger partial charge in [0, 0.05) is 48.2 Å². The average molecular weight is 908 g/mol. The van der Waals surface area contributed by atoms with Gasteiger partial charge in [0.1, 0.15) is 11.5 Å². The first-order valence-electron chi connectivity index (χ1n) is 24.1. The maximum absolute atomic E-state index is 6.82. The molecule has 326 valence electrons. The molecule has 1 aliphatic heterocycles. The number of anilines is 3. The number of fused-ring (bicyclic) bond motifs is 20. The van der Waals surface area contributed by atoms with Crippen LogP contribution in [-0.2, 0) is 5.41 Å². The molecule has 15 rings (SSSR count). The predicted octanol–water partition coefficient (Wildman–Crippen LogP) is 18.6. The van der Waals surface area contributed by atoms with Gasteiger partial charge in [-0.1, -0.05) is 188 Å². The lowest BCUT2D eigenvalue weighted by Crippen LogP contribution is -2.29. The molecule has 1 unspecified atom stereocenters. The van der Waals surface area contributed by atoms with Crippen molar-refractivity contribution < 1.29 is 4.74 Å². The Morgan fingerprint density at radius 2 is 0.800 bits per heavy atom. The first-order chi connectivity index (χ1) is 34.7. The zero-order valence-corrected chi connectivity index (χ0v) is 38.8. The summed E-state index contributed by atoms with van der Waals surface area (Å²) in [6.45, 7) is 0. The third-order valence-electron chi connectivity index (χ3n) is 15.1. The molecule has 2 heterocycles. The van der Waals surface area contributed by atoms with Gasteiger partial charge >= 0.3 is 0 Å². The first kappa shape index (κ1) is 39.3.